The first-order valence-electron chi connectivity index (χ1n) is 7.36. The van der Waals surface area contributed by atoms with Crippen LogP contribution in [0.4, 0.5) is 0 Å². The normalized spacial score (nSPS) is 11.0. The summed E-state index contributed by atoms with van der Waals surface area (Å²) in [5.74, 6) is 1.12. The van der Waals surface area contributed by atoms with Crippen LogP contribution in [-0.2, 0) is 0 Å². The molecule has 1 aromatic heterocycles. The van der Waals surface area contributed by atoms with Gasteiger partial charge in [-0.15, -0.1) is 11.3 Å². The highest BCUT2D eigenvalue weighted by Gasteiger charge is 2.17. The second-order valence-electron chi connectivity index (χ2n) is 5.08. The SMILES string of the molecule is COc1ccc(/C=N/NC(=O)c2sc3cc(OC)ccc3c2Cl)cc1. The van der Waals surface area contributed by atoms with Gasteiger partial charge in [-0.05, 0) is 48.0 Å². The molecule has 1 amide bonds. The predicted molar refractivity (Wildman–Crippen MR) is 101 cm³/mol. The smallest absolute Gasteiger partial charge is 0.283 e. The van der Waals surface area contributed by atoms with Gasteiger partial charge < -0.3 is 9.47 Å². The third kappa shape index (κ3) is 3.75. The molecule has 0 saturated carbocycles. The largest absolute Gasteiger partial charge is 0.497 e. The van der Waals surface area contributed by atoms with Crippen LogP contribution in [0.3, 0.4) is 0 Å². The van der Waals surface area contributed by atoms with E-state index in [9.17, 15) is 4.79 Å². The Kier molecular flexibility index (Phi) is 5.21. The number of hydrogen-bond acceptors (Lipinski definition) is 5. The Morgan fingerprint density at radius 3 is 2.48 bits per heavy atom. The summed E-state index contributed by atoms with van der Waals surface area (Å²) < 4.78 is 11.2. The number of rotatable bonds is 5. The summed E-state index contributed by atoms with van der Waals surface area (Å²) in [5.41, 5.74) is 3.34. The highest BCUT2D eigenvalue weighted by Crippen LogP contribution is 2.37. The molecule has 128 valence electrons. The molecule has 1 heterocycles. The van der Waals surface area contributed by atoms with Gasteiger partial charge >= 0.3 is 0 Å². The molecule has 1 N–H and O–H groups in total. The van der Waals surface area contributed by atoms with Crippen LogP contribution in [0.5, 0.6) is 11.5 Å². The predicted octanol–water partition coefficient (Wildman–Crippen LogP) is 4.34. The summed E-state index contributed by atoms with van der Waals surface area (Å²) in [6.07, 6.45) is 1.56. The number of hydrazone groups is 1. The van der Waals surface area contributed by atoms with E-state index in [0.29, 0.717) is 9.90 Å². The number of benzene rings is 2. The fourth-order valence-corrected chi connectivity index (χ4v) is 3.66. The molecule has 0 aliphatic carbocycles. The van der Waals surface area contributed by atoms with Crippen LogP contribution in [0.15, 0.2) is 47.6 Å². The Hall–Kier alpha value is -2.57. The molecule has 0 atom stereocenters. The fraction of sp³-hybridized carbons (Fsp3) is 0.111. The molecule has 0 fully saturated rings. The Labute approximate surface area is 153 Å². The lowest BCUT2D eigenvalue weighted by Gasteiger charge is -1.99. The lowest BCUT2D eigenvalue weighted by molar-refractivity contribution is 0.0959. The van der Waals surface area contributed by atoms with Gasteiger partial charge in [0.05, 0.1) is 25.5 Å². The van der Waals surface area contributed by atoms with Gasteiger partial charge in [0, 0.05) is 10.1 Å². The van der Waals surface area contributed by atoms with E-state index in [1.54, 1.807) is 20.4 Å². The molecule has 5 nitrogen and oxygen atoms in total. The first-order chi connectivity index (χ1) is 12.1. The summed E-state index contributed by atoms with van der Waals surface area (Å²) in [6.45, 7) is 0. The quantitative estimate of drug-likeness (QED) is 0.534. The zero-order valence-corrected chi connectivity index (χ0v) is 15.1. The molecular weight excluding hydrogens is 360 g/mol. The molecule has 0 saturated heterocycles. The number of thiophene rings is 1. The number of methoxy groups -OCH3 is 2. The van der Waals surface area contributed by atoms with Crippen LogP contribution in [0.25, 0.3) is 10.1 Å². The van der Waals surface area contributed by atoms with Gasteiger partial charge in [0.25, 0.3) is 5.91 Å². The number of halogens is 1. The van der Waals surface area contributed by atoms with Crippen LogP contribution in [-0.4, -0.2) is 26.3 Å². The molecule has 3 aromatic rings. The van der Waals surface area contributed by atoms with Crippen molar-refractivity contribution >= 4 is 45.1 Å². The molecule has 0 aliphatic rings. The number of nitrogens with zero attached hydrogens (tertiary/aromatic N) is 1. The molecule has 0 bridgehead atoms. The van der Waals surface area contributed by atoms with Crippen LogP contribution >= 0.6 is 22.9 Å². The van der Waals surface area contributed by atoms with E-state index in [-0.39, 0.29) is 5.91 Å². The maximum Gasteiger partial charge on any atom is 0.283 e. The second kappa shape index (κ2) is 7.55. The number of hydrogen-bond donors (Lipinski definition) is 1. The zero-order valence-electron chi connectivity index (χ0n) is 13.6. The molecule has 0 unspecified atom stereocenters. The minimum atomic E-state index is -0.352. The van der Waals surface area contributed by atoms with Crippen molar-refractivity contribution in [2.75, 3.05) is 14.2 Å². The van der Waals surface area contributed by atoms with Crippen molar-refractivity contribution in [2.45, 2.75) is 0 Å². The summed E-state index contributed by atoms with van der Waals surface area (Å²) in [4.78, 5) is 12.7. The van der Waals surface area contributed by atoms with E-state index in [1.807, 2.05) is 42.5 Å². The summed E-state index contributed by atoms with van der Waals surface area (Å²) >= 11 is 7.62. The highest BCUT2D eigenvalue weighted by atomic mass is 35.5. The lowest BCUT2D eigenvalue weighted by atomic mass is 10.2. The fourth-order valence-electron chi connectivity index (χ4n) is 2.22. The second-order valence-corrected chi connectivity index (χ2v) is 6.51. The number of nitrogens with one attached hydrogen (secondary N) is 1. The molecule has 3 rings (SSSR count). The van der Waals surface area contributed by atoms with Crippen LogP contribution in [0.2, 0.25) is 5.02 Å². The van der Waals surface area contributed by atoms with E-state index in [4.69, 9.17) is 21.1 Å². The summed E-state index contributed by atoms with van der Waals surface area (Å²) in [5, 5.41) is 5.21. The molecule has 25 heavy (non-hydrogen) atoms. The van der Waals surface area contributed by atoms with E-state index >= 15 is 0 Å². The number of fused-ring (bicyclic) bond motifs is 1. The average Bonchev–Trinajstić information content (AvgIpc) is 2.98. The van der Waals surface area contributed by atoms with Crippen molar-refractivity contribution in [2.24, 2.45) is 5.10 Å². The van der Waals surface area contributed by atoms with Gasteiger partial charge in [-0.1, -0.05) is 11.6 Å². The van der Waals surface area contributed by atoms with Crippen molar-refractivity contribution < 1.29 is 14.3 Å². The maximum atomic E-state index is 12.3. The molecular formula is C18H15ClN2O3S. The first kappa shape index (κ1) is 17.3. The summed E-state index contributed by atoms with van der Waals surface area (Å²) in [7, 11) is 3.20. The Bertz CT molecular complexity index is 935. The Morgan fingerprint density at radius 2 is 1.80 bits per heavy atom. The third-order valence-corrected chi connectivity index (χ3v) is 5.19. The zero-order chi connectivity index (χ0) is 17.8. The summed E-state index contributed by atoms with van der Waals surface area (Å²) in [6, 6.07) is 12.8. The Morgan fingerprint density at radius 1 is 1.12 bits per heavy atom. The van der Waals surface area contributed by atoms with Gasteiger partial charge in [0.2, 0.25) is 0 Å². The minimum absolute atomic E-state index is 0.352. The van der Waals surface area contributed by atoms with Gasteiger partial charge in [-0.3, -0.25) is 4.79 Å². The van der Waals surface area contributed by atoms with Crippen LogP contribution in [0, 0.1) is 0 Å². The molecule has 0 aliphatic heterocycles. The minimum Gasteiger partial charge on any atom is -0.497 e. The van der Waals surface area contributed by atoms with E-state index in [2.05, 4.69) is 10.5 Å². The Balaban J connectivity index is 1.75. The first-order valence-corrected chi connectivity index (χ1v) is 8.55. The maximum absolute atomic E-state index is 12.3. The molecule has 7 heteroatoms. The number of amides is 1. The number of ether oxygens (including phenoxy) is 2. The van der Waals surface area contributed by atoms with Crippen molar-refractivity contribution in [3.63, 3.8) is 0 Å². The average molecular weight is 375 g/mol. The van der Waals surface area contributed by atoms with E-state index in [1.165, 1.54) is 11.3 Å². The van der Waals surface area contributed by atoms with Crippen LogP contribution in [0.1, 0.15) is 15.2 Å². The van der Waals surface area contributed by atoms with Crippen molar-refractivity contribution in [3.8, 4) is 11.5 Å². The molecule has 0 spiro atoms. The van der Waals surface area contributed by atoms with Crippen LogP contribution < -0.4 is 14.9 Å². The van der Waals surface area contributed by atoms with Gasteiger partial charge in [-0.2, -0.15) is 5.10 Å². The van der Waals surface area contributed by atoms with Crippen molar-refractivity contribution in [1.29, 1.82) is 0 Å². The van der Waals surface area contributed by atoms with Crippen molar-refractivity contribution in [3.05, 3.63) is 57.9 Å². The standard InChI is InChI=1S/C18H15ClN2O3S/c1-23-12-5-3-11(4-6-12)10-20-21-18(22)17-16(19)14-8-7-13(24-2)9-15(14)25-17/h3-10H,1-2H3,(H,21,22)/b20-10+. The number of carbonyl (C=O) groups excluding carboxylic acids is 1. The van der Waals surface area contributed by atoms with Gasteiger partial charge in [-0.25, -0.2) is 5.43 Å². The van der Waals surface area contributed by atoms with E-state index in [0.717, 1.165) is 27.1 Å². The topological polar surface area (TPSA) is 59.9 Å². The lowest BCUT2D eigenvalue weighted by Crippen LogP contribution is -2.16. The van der Waals surface area contributed by atoms with E-state index < -0.39 is 0 Å². The molecule has 0 radical (unpaired) electrons. The monoisotopic (exact) mass is 374 g/mol. The van der Waals surface area contributed by atoms with Gasteiger partial charge in [0.15, 0.2) is 0 Å². The third-order valence-electron chi connectivity index (χ3n) is 3.54. The number of carbonyl (C=O) groups is 1. The molecule has 2 aromatic carbocycles. The van der Waals surface area contributed by atoms with Crippen molar-refractivity contribution in [1.82, 2.24) is 5.43 Å². The van der Waals surface area contributed by atoms with Gasteiger partial charge in [0.1, 0.15) is 16.4 Å². The highest BCUT2D eigenvalue weighted by molar-refractivity contribution is 7.21.